The molecule has 1 heterocycles. The standard InChI is InChI=1S/C17H16N2O2S/c1-3-21-12-8-9-14-15(10-12)22-17(18-14)19-16(20)13-7-5-4-6-11(13)2/h4-10H,3H2,1-2H3,(H,18,19,20). The highest BCUT2D eigenvalue weighted by molar-refractivity contribution is 7.22. The molecule has 0 bridgehead atoms. The highest BCUT2D eigenvalue weighted by Crippen LogP contribution is 2.29. The summed E-state index contributed by atoms with van der Waals surface area (Å²) in [6.07, 6.45) is 0. The molecule has 0 aliphatic rings. The molecule has 0 radical (unpaired) electrons. The number of benzene rings is 2. The summed E-state index contributed by atoms with van der Waals surface area (Å²) in [6, 6.07) is 13.2. The molecule has 0 aliphatic heterocycles. The van der Waals surface area contributed by atoms with Crippen molar-refractivity contribution < 1.29 is 9.53 Å². The first kappa shape index (κ1) is 14.5. The highest BCUT2D eigenvalue weighted by atomic mass is 32.1. The number of hydrogen-bond donors (Lipinski definition) is 1. The molecule has 0 aliphatic carbocycles. The molecular formula is C17H16N2O2S. The van der Waals surface area contributed by atoms with Gasteiger partial charge in [-0.15, -0.1) is 0 Å². The van der Waals surface area contributed by atoms with E-state index in [2.05, 4.69) is 10.3 Å². The van der Waals surface area contributed by atoms with Crippen LogP contribution in [0.5, 0.6) is 5.75 Å². The Hall–Kier alpha value is -2.40. The van der Waals surface area contributed by atoms with Gasteiger partial charge in [0.05, 0.1) is 16.8 Å². The third-order valence-corrected chi connectivity index (χ3v) is 4.21. The lowest BCUT2D eigenvalue weighted by Gasteiger charge is -2.04. The molecule has 1 amide bonds. The van der Waals surface area contributed by atoms with E-state index in [1.807, 2.05) is 56.3 Å². The molecule has 2 aromatic carbocycles. The molecule has 0 saturated heterocycles. The third-order valence-electron chi connectivity index (χ3n) is 3.28. The SMILES string of the molecule is CCOc1ccc2nc(NC(=O)c3ccccc3C)sc2c1. The van der Waals surface area contributed by atoms with Gasteiger partial charge in [-0.2, -0.15) is 0 Å². The number of ether oxygens (including phenoxy) is 1. The number of anilines is 1. The lowest BCUT2D eigenvalue weighted by molar-refractivity contribution is 0.102. The van der Waals surface area contributed by atoms with Crippen molar-refractivity contribution in [2.75, 3.05) is 11.9 Å². The zero-order chi connectivity index (χ0) is 15.5. The normalized spacial score (nSPS) is 10.6. The van der Waals surface area contributed by atoms with E-state index >= 15 is 0 Å². The van der Waals surface area contributed by atoms with Crippen LogP contribution in [0.15, 0.2) is 42.5 Å². The minimum Gasteiger partial charge on any atom is -0.494 e. The van der Waals surface area contributed by atoms with Crippen LogP contribution in [0.3, 0.4) is 0 Å². The van der Waals surface area contributed by atoms with Crippen LogP contribution in [-0.2, 0) is 0 Å². The number of nitrogens with one attached hydrogen (secondary N) is 1. The van der Waals surface area contributed by atoms with Gasteiger partial charge in [0.1, 0.15) is 5.75 Å². The molecule has 3 aromatic rings. The van der Waals surface area contributed by atoms with E-state index in [0.717, 1.165) is 21.5 Å². The molecule has 0 unspecified atom stereocenters. The van der Waals surface area contributed by atoms with E-state index < -0.39 is 0 Å². The predicted octanol–water partition coefficient (Wildman–Crippen LogP) is 4.26. The van der Waals surface area contributed by atoms with E-state index in [0.29, 0.717) is 17.3 Å². The van der Waals surface area contributed by atoms with Gasteiger partial charge in [-0.1, -0.05) is 29.5 Å². The second-order valence-electron chi connectivity index (χ2n) is 4.85. The molecule has 22 heavy (non-hydrogen) atoms. The Morgan fingerprint density at radius 1 is 1.27 bits per heavy atom. The number of carbonyl (C=O) groups is 1. The van der Waals surface area contributed by atoms with Gasteiger partial charge in [-0.3, -0.25) is 10.1 Å². The molecule has 1 N–H and O–H groups in total. The number of rotatable bonds is 4. The average molecular weight is 312 g/mol. The van der Waals surface area contributed by atoms with Crippen LogP contribution in [0.4, 0.5) is 5.13 Å². The van der Waals surface area contributed by atoms with Crippen LogP contribution in [0, 0.1) is 6.92 Å². The molecule has 112 valence electrons. The van der Waals surface area contributed by atoms with Gasteiger partial charge in [0.15, 0.2) is 5.13 Å². The number of carbonyl (C=O) groups excluding carboxylic acids is 1. The molecule has 0 fully saturated rings. The summed E-state index contributed by atoms with van der Waals surface area (Å²) in [5.41, 5.74) is 2.46. The summed E-state index contributed by atoms with van der Waals surface area (Å²) in [5.74, 6) is 0.678. The summed E-state index contributed by atoms with van der Waals surface area (Å²) in [6.45, 7) is 4.49. The minimum absolute atomic E-state index is 0.137. The summed E-state index contributed by atoms with van der Waals surface area (Å²) in [4.78, 5) is 16.8. The molecule has 4 nitrogen and oxygen atoms in total. The van der Waals surface area contributed by atoms with Gasteiger partial charge in [0.25, 0.3) is 5.91 Å². The smallest absolute Gasteiger partial charge is 0.257 e. The van der Waals surface area contributed by atoms with E-state index in [-0.39, 0.29) is 5.91 Å². The van der Waals surface area contributed by atoms with Crippen molar-refractivity contribution in [1.82, 2.24) is 4.98 Å². The van der Waals surface area contributed by atoms with Crippen molar-refractivity contribution in [3.05, 3.63) is 53.6 Å². The molecule has 5 heteroatoms. The largest absolute Gasteiger partial charge is 0.494 e. The lowest BCUT2D eigenvalue weighted by atomic mass is 10.1. The van der Waals surface area contributed by atoms with E-state index in [9.17, 15) is 4.79 Å². The number of fused-ring (bicyclic) bond motifs is 1. The van der Waals surface area contributed by atoms with Gasteiger partial charge < -0.3 is 4.74 Å². The number of aromatic nitrogens is 1. The van der Waals surface area contributed by atoms with Crippen molar-refractivity contribution >= 4 is 32.6 Å². The number of amides is 1. The first-order valence-electron chi connectivity index (χ1n) is 7.07. The molecule has 3 rings (SSSR count). The highest BCUT2D eigenvalue weighted by Gasteiger charge is 2.12. The van der Waals surface area contributed by atoms with E-state index in [4.69, 9.17) is 4.74 Å². The van der Waals surface area contributed by atoms with E-state index in [1.54, 1.807) is 0 Å². The number of nitrogens with zero attached hydrogens (tertiary/aromatic N) is 1. The summed E-state index contributed by atoms with van der Waals surface area (Å²) < 4.78 is 6.47. The second kappa shape index (κ2) is 6.15. The fourth-order valence-electron chi connectivity index (χ4n) is 2.21. The van der Waals surface area contributed by atoms with Gasteiger partial charge >= 0.3 is 0 Å². The van der Waals surface area contributed by atoms with Crippen molar-refractivity contribution in [1.29, 1.82) is 0 Å². The Morgan fingerprint density at radius 2 is 2.09 bits per heavy atom. The number of thiazole rings is 1. The van der Waals surface area contributed by atoms with Crippen LogP contribution >= 0.6 is 11.3 Å². The van der Waals surface area contributed by atoms with Gasteiger partial charge in [0.2, 0.25) is 0 Å². The monoisotopic (exact) mass is 312 g/mol. The topological polar surface area (TPSA) is 51.2 Å². The van der Waals surface area contributed by atoms with Crippen LogP contribution < -0.4 is 10.1 Å². The number of aryl methyl sites for hydroxylation is 1. The summed E-state index contributed by atoms with van der Waals surface area (Å²) in [7, 11) is 0. The fraction of sp³-hybridized carbons (Fsp3) is 0.176. The number of hydrogen-bond acceptors (Lipinski definition) is 4. The van der Waals surface area contributed by atoms with Gasteiger partial charge in [-0.05, 0) is 43.7 Å². The lowest BCUT2D eigenvalue weighted by Crippen LogP contribution is -2.12. The van der Waals surface area contributed by atoms with Crippen LogP contribution in [0.2, 0.25) is 0 Å². The maximum Gasteiger partial charge on any atom is 0.257 e. The quantitative estimate of drug-likeness (QED) is 0.783. The van der Waals surface area contributed by atoms with Crippen molar-refractivity contribution in [3.63, 3.8) is 0 Å². The van der Waals surface area contributed by atoms with Gasteiger partial charge in [0, 0.05) is 5.56 Å². The van der Waals surface area contributed by atoms with E-state index in [1.165, 1.54) is 11.3 Å². The maximum absolute atomic E-state index is 12.3. The first-order chi connectivity index (χ1) is 10.7. The zero-order valence-corrected chi connectivity index (χ0v) is 13.2. The van der Waals surface area contributed by atoms with Crippen LogP contribution in [0.1, 0.15) is 22.8 Å². The van der Waals surface area contributed by atoms with Gasteiger partial charge in [-0.25, -0.2) is 4.98 Å². The van der Waals surface area contributed by atoms with Crippen molar-refractivity contribution in [2.45, 2.75) is 13.8 Å². The Bertz CT molecular complexity index is 826. The van der Waals surface area contributed by atoms with Crippen LogP contribution in [0.25, 0.3) is 10.2 Å². The fourth-order valence-corrected chi connectivity index (χ4v) is 3.10. The minimum atomic E-state index is -0.137. The van der Waals surface area contributed by atoms with Crippen molar-refractivity contribution in [2.24, 2.45) is 0 Å². The van der Waals surface area contributed by atoms with Crippen LogP contribution in [-0.4, -0.2) is 17.5 Å². The summed E-state index contributed by atoms with van der Waals surface area (Å²) in [5, 5.41) is 3.46. The Balaban J connectivity index is 1.85. The Morgan fingerprint density at radius 3 is 2.86 bits per heavy atom. The summed E-state index contributed by atoms with van der Waals surface area (Å²) >= 11 is 1.44. The molecule has 0 atom stereocenters. The first-order valence-corrected chi connectivity index (χ1v) is 7.89. The molecule has 1 aromatic heterocycles. The Kier molecular flexibility index (Phi) is 4.06. The second-order valence-corrected chi connectivity index (χ2v) is 5.88. The third kappa shape index (κ3) is 2.94. The molecular weight excluding hydrogens is 296 g/mol. The predicted molar refractivity (Wildman–Crippen MR) is 89.9 cm³/mol. The average Bonchev–Trinajstić information content (AvgIpc) is 2.89. The molecule has 0 spiro atoms. The molecule has 0 saturated carbocycles. The van der Waals surface area contributed by atoms with Crippen molar-refractivity contribution in [3.8, 4) is 5.75 Å². The zero-order valence-electron chi connectivity index (χ0n) is 12.4. The maximum atomic E-state index is 12.3. The Labute approximate surface area is 132 Å².